The van der Waals surface area contributed by atoms with Crippen LogP contribution in [0, 0.1) is 11.8 Å². The van der Waals surface area contributed by atoms with Crippen molar-refractivity contribution in [3.05, 3.63) is 36.6 Å². The van der Waals surface area contributed by atoms with E-state index in [2.05, 4.69) is 84.2 Å². The number of unbranched alkanes of at least 4 members (excludes halogenated alkanes) is 18. The number of hydrogen-bond acceptors (Lipinski definition) is 7. The standard InChI is InChI=1S/C46H84O5.C10H23N.C3H6O/c1-6-10-13-15-16-17-18-19-20-21-22-23-24-27-30-34-42(5)49-39-43(9-4)40-50-45(47)37-32-28-25-26-29-33-38-46(48)51-41-44(35-12-8-3)36-31-14-11-7-2;1-4-7-10-11(8-5-2)9-6-3;1-3(2)4/h16-17,19-20,43-44H,5-15,18,21-41H2,1-4H3;4-10H2,1-3H3;1-2H3/b17-16-,20-19-;;. The molecule has 0 aromatic rings. The van der Waals surface area contributed by atoms with Crippen LogP contribution in [0.2, 0.25) is 0 Å². The maximum atomic E-state index is 12.3. The lowest BCUT2D eigenvalue weighted by molar-refractivity contribution is -0.146. The number of esters is 2. The van der Waals surface area contributed by atoms with Crippen LogP contribution in [0.4, 0.5) is 0 Å². The first-order valence-electron chi connectivity index (χ1n) is 28.2. The summed E-state index contributed by atoms with van der Waals surface area (Å²) in [5, 5.41) is 0. The molecule has 2 atom stereocenters. The van der Waals surface area contributed by atoms with E-state index in [1.807, 2.05) is 0 Å². The second-order valence-electron chi connectivity index (χ2n) is 19.1. The fraction of sp³-hybridized carbons (Fsp3) is 0.847. The van der Waals surface area contributed by atoms with Crippen LogP contribution in [0.5, 0.6) is 0 Å². The van der Waals surface area contributed by atoms with Gasteiger partial charge in [0, 0.05) is 25.2 Å². The van der Waals surface area contributed by atoms with Crippen molar-refractivity contribution >= 4 is 17.7 Å². The number of Topliss-reactive ketones (excluding diaryl/α,β-unsaturated/α-hetero) is 1. The Bertz CT molecular complexity index is 1090. The lowest BCUT2D eigenvalue weighted by atomic mass is 9.96. The summed E-state index contributed by atoms with van der Waals surface area (Å²) in [5.74, 6) is 1.60. The van der Waals surface area contributed by atoms with Gasteiger partial charge in [-0.1, -0.05) is 182 Å². The molecule has 0 radical (unpaired) electrons. The minimum Gasteiger partial charge on any atom is -0.498 e. The van der Waals surface area contributed by atoms with Crippen LogP contribution in [-0.2, 0) is 28.6 Å². The molecule has 0 spiro atoms. The molecule has 0 aliphatic heterocycles. The minimum absolute atomic E-state index is 0.0371. The molecule has 7 heteroatoms. The van der Waals surface area contributed by atoms with Gasteiger partial charge < -0.3 is 23.9 Å². The van der Waals surface area contributed by atoms with Crippen molar-refractivity contribution in [2.45, 2.75) is 274 Å². The third-order valence-electron chi connectivity index (χ3n) is 11.8. The Morgan fingerprint density at radius 2 is 0.848 bits per heavy atom. The highest BCUT2D eigenvalue weighted by Gasteiger charge is 2.13. The average molecular weight is 933 g/mol. The first kappa shape index (κ1) is 67.9. The lowest BCUT2D eigenvalue weighted by Crippen LogP contribution is -2.26. The molecule has 0 aliphatic carbocycles. The quantitative estimate of drug-likeness (QED) is 0.0260. The highest BCUT2D eigenvalue weighted by molar-refractivity contribution is 5.72. The van der Waals surface area contributed by atoms with Crippen LogP contribution < -0.4 is 0 Å². The van der Waals surface area contributed by atoms with E-state index in [0.29, 0.717) is 38.6 Å². The third-order valence-corrected chi connectivity index (χ3v) is 11.8. The summed E-state index contributed by atoms with van der Waals surface area (Å²) < 4.78 is 17.2. The summed E-state index contributed by atoms with van der Waals surface area (Å²) in [6.45, 7) is 28.2. The number of carbonyl (C=O) groups is 3. The average Bonchev–Trinajstić information content (AvgIpc) is 3.30. The Balaban J connectivity index is -0.00000225. The molecule has 0 saturated heterocycles. The van der Waals surface area contributed by atoms with E-state index in [1.165, 1.54) is 168 Å². The van der Waals surface area contributed by atoms with Gasteiger partial charge in [0.15, 0.2) is 0 Å². The Morgan fingerprint density at radius 3 is 1.35 bits per heavy atom. The van der Waals surface area contributed by atoms with Crippen LogP contribution >= 0.6 is 0 Å². The van der Waals surface area contributed by atoms with Crippen LogP contribution in [0.15, 0.2) is 36.6 Å². The fourth-order valence-corrected chi connectivity index (χ4v) is 7.55. The second kappa shape index (κ2) is 56.9. The number of carbonyl (C=O) groups excluding carboxylic acids is 3. The topological polar surface area (TPSA) is 82.1 Å². The van der Waals surface area contributed by atoms with Crippen LogP contribution in [-0.4, -0.2) is 62.1 Å². The normalized spacial score (nSPS) is 12.1. The molecule has 0 aliphatic rings. The second-order valence-corrected chi connectivity index (χ2v) is 19.1. The number of hydrogen-bond donors (Lipinski definition) is 0. The molecule has 0 rings (SSSR count). The van der Waals surface area contributed by atoms with E-state index >= 15 is 0 Å². The van der Waals surface area contributed by atoms with Gasteiger partial charge in [-0.3, -0.25) is 9.59 Å². The predicted molar refractivity (Wildman–Crippen MR) is 287 cm³/mol. The van der Waals surface area contributed by atoms with Crippen molar-refractivity contribution in [1.29, 1.82) is 0 Å². The molecule has 390 valence electrons. The van der Waals surface area contributed by atoms with Crippen molar-refractivity contribution in [3.63, 3.8) is 0 Å². The Kier molecular flexibility index (Phi) is 58.5. The molecule has 0 amide bonds. The molecule has 7 nitrogen and oxygen atoms in total. The van der Waals surface area contributed by atoms with Crippen LogP contribution in [0.25, 0.3) is 0 Å². The number of rotatable bonds is 46. The van der Waals surface area contributed by atoms with Gasteiger partial charge in [0.05, 0.1) is 25.6 Å². The molecular weight excluding hydrogens is 819 g/mol. The minimum atomic E-state index is -0.109. The molecule has 0 aromatic carbocycles. The summed E-state index contributed by atoms with van der Waals surface area (Å²) in [6, 6.07) is 0. The van der Waals surface area contributed by atoms with Crippen molar-refractivity contribution in [3.8, 4) is 0 Å². The molecule has 0 saturated carbocycles. The fourth-order valence-electron chi connectivity index (χ4n) is 7.55. The summed E-state index contributed by atoms with van der Waals surface area (Å²) in [7, 11) is 0. The predicted octanol–water partition coefficient (Wildman–Crippen LogP) is 17.8. The smallest absolute Gasteiger partial charge is 0.305 e. The molecule has 0 bridgehead atoms. The van der Waals surface area contributed by atoms with Crippen molar-refractivity contribution < 1.29 is 28.6 Å². The summed E-state index contributed by atoms with van der Waals surface area (Å²) in [4.78, 5) is 36.6. The van der Waals surface area contributed by atoms with Gasteiger partial charge in [-0.2, -0.15) is 0 Å². The Labute approximate surface area is 411 Å². The van der Waals surface area contributed by atoms with Crippen molar-refractivity contribution in [1.82, 2.24) is 4.90 Å². The van der Waals surface area contributed by atoms with Gasteiger partial charge in [0.25, 0.3) is 0 Å². The highest BCUT2D eigenvalue weighted by Crippen LogP contribution is 2.19. The van der Waals surface area contributed by atoms with E-state index < -0.39 is 0 Å². The van der Waals surface area contributed by atoms with E-state index in [-0.39, 0.29) is 23.6 Å². The Morgan fingerprint density at radius 1 is 0.439 bits per heavy atom. The first-order chi connectivity index (χ1) is 32.0. The molecule has 0 aromatic heterocycles. The zero-order valence-electron chi connectivity index (χ0n) is 45.6. The SMILES string of the molecule is C=C(CCCCCCC/C=C\C/C=C\CCCCC)OCC(CC)COC(=O)CCCCCCCCC(=O)OCC(CCCC)CCCCCC.CC(C)=O.CCCCN(CCC)CCC. The summed E-state index contributed by atoms with van der Waals surface area (Å²) in [6.07, 6.45) is 46.8. The van der Waals surface area contributed by atoms with Crippen LogP contribution in [0.3, 0.4) is 0 Å². The largest absolute Gasteiger partial charge is 0.498 e. The van der Waals surface area contributed by atoms with Gasteiger partial charge in [-0.15, -0.1) is 0 Å². The molecule has 66 heavy (non-hydrogen) atoms. The lowest BCUT2D eigenvalue weighted by Gasteiger charge is -2.20. The number of ether oxygens (including phenoxy) is 3. The number of allylic oxidation sites excluding steroid dienone is 5. The highest BCUT2D eigenvalue weighted by atomic mass is 16.5. The molecule has 0 N–H and O–H groups in total. The maximum absolute atomic E-state index is 12.3. The number of ketones is 1. The molecule has 0 heterocycles. The van der Waals surface area contributed by atoms with E-state index in [1.54, 1.807) is 0 Å². The molecular formula is C59H113NO6. The van der Waals surface area contributed by atoms with Gasteiger partial charge in [-0.05, 0) is 129 Å². The zero-order valence-corrected chi connectivity index (χ0v) is 45.6. The summed E-state index contributed by atoms with van der Waals surface area (Å²) >= 11 is 0. The first-order valence-corrected chi connectivity index (χ1v) is 28.2. The maximum Gasteiger partial charge on any atom is 0.305 e. The zero-order chi connectivity index (χ0) is 49.6. The van der Waals surface area contributed by atoms with E-state index in [4.69, 9.17) is 14.2 Å². The van der Waals surface area contributed by atoms with E-state index in [0.717, 1.165) is 70.0 Å². The van der Waals surface area contributed by atoms with Crippen LogP contribution in [0.1, 0.15) is 274 Å². The third kappa shape index (κ3) is 57.7. The monoisotopic (exact) mass is 932 g/mol. The molecule has 0 fully saturated rings. The molecule has 2 unspecified atom stereocenters. The van der Waals surface area contributed by atoms with Crippen molar-refractivity contribution in [2.24, 2.45) is 11.8 Å². The van der Waals surface area contributed by atoms with Gasteiger partial charge >= 0.3 is 11.9 Å². The van der Waals surface area contributed by atoms with Gasteiger partial charge in [0.1, 0.15) is 5.78 Å². The number of nitrogens with zero attached hydrogens (tertiary/aromatic N) is 1. The Hall–Kier alpha value is -2.41. The summed E-state index contributed by atoms with van der Waals surface area (Å²) in [5.41, 5.74) is 0. The van der Waals surface area contributed by atoms with Gasteiger partial charge in [0.2, 0.25) is 0 Å². The van der Waals surface area contributed by atoms with E-state index in [9.17, 15) is 14.4 Å². The van der Waals surface area contributed by atoms with Gasteiger partial charge in [-0.25, -0.2) is 0 Å². The van der Waals surface area contributed by atoms with Crippen molar-refractivity contribution in [2.75, 3.05) is 39.5 Å².